The van der Waals surface area contributed by atoms with Crippen LogP contribution in [-0.2, 0) is 4.79 Å². The lowest BCUT2D eigenvalue weighted by Crippen LogP contribution is -2.20. The fraction of sp³-hybridized carbons (Fsp3) is 0.300. The van der Waals surface area contributed by atoms with E-state index in [2.05, 4.69) is 0 Å². The van der Waals surface area contributed by atoms with Crippen LogP contribution in [0.15, 0.2) is 24.3 Å². The molecule has 0 spiro atoms. The highest BCUT2D eigenvalue weighted by molar-refractivity contribution is 5.81. The van der Waals surface area contributed by atoms with E-state index in [0.717, 1.165) is 5.56 Å². The van der Waals surface area contributed by atoms with Gasteiger partial charge < -0.3 is 0 Å². The van der Waals surface area contributed by atoms with E-state index in [-0.39, 0.29) is 23.6 Å². The Labute approximate surface area is 80.5 Å². The van der Waals surface area contributed by atoms with Crippen molar-refractivity contribution in [3.63, 3.8) is 0 Å². The molecule has 1 aliphatic carbocycles. The second-order valence-electron chi connectivity index (χ2n) is 3.48. The van der Waals surface area contributed by atoms with Crippen LogP contribution in [0, 0.1) is 11.7 Å². The number of carbonyl (C=O) groups is 1. The molecule has 0 aromatic heterocycles. The first-order valence-corrected chi connectivity index (χ1v) is 4.42. The molecule has 14 heavy (non-hydrogen) atoms. The summed E-state index contributed by atoms with van der Waals surface area (Å²) in [5.41, 5.74) is 2.43. The summed E-state index contributed by atoms with van der Waals surface area (Å²) in [7, 11) is 0. The van der Waals surface area contributed by atoms with E-state index >= 15 is 0 Å². The maximum Gasteiger partial charge on any atom is 0.247 e. The van der Waals surface area contributed by atoms with Crippen molar-refractivity contribution < 1.29 is 14.4 Å². The summed E-state index contributed by atoms with van der Waals surface area (Å²) in [4.78, 5) is 11.0. The summed E-state index contributed by atoms with van der Waals surface area (Å²) in [6.07, 6.45) is 0.676. The van der Waals surface area contributed by atoms with Gasteiger partial charge >= 0.3 is 0 Å². The van der Waals surface area contributed by atoms with Gasteiger partial charge in [0.15, 0.2) is 0 Å². The number of benzene rings is 1. The average Bonchev–Trinajstić information content (AvgIpc) is 2.96. The zero-order chi connectivity index (χ0) is 10.1. The molecular formula is C10H10FNO2. The molecule has 74 valence electrons. The summed E-state index contributed by atoms with van der Waals surface area (Å²) >= 11 is 0. The van der Waals surface area contributed by atoms with Crippen LogP contribution in [0.5, 0.6) is 0 Å². The zero-order valence-electron chi connectivity index (χ0n) is 7.40. The van der Waals surface area contributed by atoms with Crippen molar-refractivity contribution in [2.75, 3.05) is 0 Å². The Morgan fingerprint density at radius 2 is 2.36 bits per heavy atom. The first-order chi connectivity index (χ1) is 6.72. The van der Waals surface area contributed by atoms with Crippen LogP contribution in [0.4, 0.5) is 4.39 Å². The largest absolute Gasteiger partial charge is 0.289 e. The van der Waals surface area contributed by atoms with E-state index in [4.69, 9.17) is 5.21 Å². The minimum atomic E-state index is -0.390. The third kappa shape index (κ3) is 1.61. The third-order valence-corrected chi connectivity index (χ3v) is 2.51. The van der Waals surface area contributed by atoms with Gasteiger partial charge in [0.2, 0.25) is 5.91 Å². The summed E-state index contributed by atoms with van der Waals surface area (Å²) in [6, 6.07) is 6.21. The number of carbonyl (C=O) groups excluding carboxylic acids is 1. The van der Waals surface area contributed by atoms with Gasteiger partial charge in [0.25, 0.3) is 0 Å². The van der Waals surface area contributed by atoms with Gasteiger partial charge in [-0.1, -0.05) is 12.1 Å². The van der Waals surface area contributed by atoms with Crippen LogP contribution in [0.2, 0.25) is 0 Å². The number of halogens is 1. The highest BCUT2D eigenvalue weighted by Crippen LogP contribution is 2.47. The van der Waals surface area contributed by atoms with Crippen molar-refractivity contribution in [2.45, 2.75) is 12.3 Å². The van der Waals surface area contributed by atoms with E-state index < -0.39 is 0 Å². The number of hydrogen-bond donors (Lipinski definition) is 2. The Bertz CT molecular complexity index is 367. The highest BCUT2D eigenvalue weighted by Gasteiger charge is 2.43. The number of hydrogen-bond acceptors (Lipinski definition) is 2. The van der Waals surface area contributed by atoms with Gasteiger partial charge in [-0.05, 0) is 30.0 Å². The van der Waals surface area contributed by atoms with E-state index in [1.165, 1.54) is 12.1 Å². The summed E-state index contributed by atoms with van der Waals surface area (Å²) in [5, 5.41) is 8.39. The van der Waals surface area contributed by atoms with Gasteiger partial charge in [-0.2, -0.15) is 0 Å². The summed E-state index contributed by atoms with van der Waals surface area (Å²) in [6.45, 7) is 0. The zero-order valence-corrected chi connectivity index (χ0v) is 7.40. The summed E-state index contributed by atoms with van der Waals surface area (Å²) in [5.74, 6) is -0.837. The van der Waals surface area contributed by atoms with Crippen molar-refractivity contribution in [2.24, 2.45) is 5.92 Å². The van der Waals surface area contributed by atoms with Gasteiger partial charge in [0.05, 0.1) is 0 Å². The molecule has 2 N–H and O–H groups in total. The van der Waals surface area contributed by atoms with Crippen LogP contribution < -0.4 is 5.48 Å². The lowest BCUT2D eigenvalue weighted by molar-refractivity contribution is -0.130. The molecule has 2 rings (SSSR count). The molecule has 0 aliphatic heterocycles. The summed E-state index contributed by atoms with van der Waals surface area (Å²) < 4.78 is 12.8. The quantitative estimate of drug-likeness (QED) is 0.554. The lowest BCUT2D eigenvalue weighted by Gasteiger charge is -1.99. The van der Waals surface area contributed by atoms with Crippen molar-refractivity contribution in [1.82, 2.24) is 5.48 Å². The molecule has 1 aromatic carbocycles. The topological polar surface area (TPSA) is 49.3 Å². The standard InChI is InChI=1S/C10H10FNO2/c11-7-3-1-2-6(4-7)8-5-9(8)10(13)12-14/h1-4,8-9,14H,5H2,(H,12,13). The smallest absolute Gasteiger partial charge is 0.247 e. The normalized spacial score (nSPS) is 24.4. The molecule has 1 fully saturated rings. The van der Waals surface area contributed by atoms with E-state index in [1.807, 2.05) is 0 Å². The minimum Gasteiger partial charge on any atom is -0.289 e. The van der Waals surface area contributed by atoms with Crippen LogP contribution in [0.1, 0.15) is 17.9 Å². The predicted octanol–water partition coefficient (Wildman–Crippen LogP) is 1.43. The molecule has 0 saturated heterocycles. The molecule has 1 saturated carbocycles. The Morgan fingerprint density at radius 3 is 3.00 bits per heavy atom. The van der Waals surface area contributed by atoms with Gasteiger partial charge in [-0.3, -0.25) is 10.0 Å². The van der Waals surface area contributed by atoms with E-state index in [1.54, 1.807) is 17.6 Å². The molecule has 0 heterocycles. The van der Waals surface area contributed by atoms with Crippen LogP contribution >= 0.6 is 0 Å². The van der Waals surface area contributed by atoms with E-state index in [0.29, 0.717) is 6.42 Å². The number of nitrogens with one attached hydrogen (secondary N) is 1. The Hall–Kier alpha value is -1.42. The Morgan fingerprint density at radius 1 is 1.57 bits per heavy atom. The molecule has 4 heteroatoms. The van der Waals surface area contributed by atoms with Gasteiger partial charge in [0.1, 0.15) is 5.82 Å². The van der Waals surface area contributed by atoms with Crippen molar-refractivity contribution in [1.29, 1.82) is 0 Å². The fourth-order valence-corrected chi connectivity index (χ4v) is 1.67. The maximum atomic E-state index is 12.8. The number of amides is 1. The monoisotopic (exact) mass is 195 g/mol. The molecule has 1 amide bonds. The second kappa shape index (κ2) is 3.38. The fourth-order valence-electron chi connectivity index (χ4n) is 1.67. The van der Waals surface area contributed by atoms with Gasteiger partial charge in [-0.15, -0.1) is 0 Å². The second-order valence-corrected chi connectivity index (χ2v) is 3.48. The van der Waals surface area contributed by atoms with Gasteiger partial charge in [-0.25, -0.2) is 9.87 Å². The molecular weight excluding hydrogens is 185 g/mol. The first kappa shape index (κ1) is 9.15. The Kier molecular flexibility index (Phi) is 2.21. The highest BCUT2D eigenvalue weighted by atomic mass is 19.1. The van der Waals surface area contributed by atoms with Crippen LogP contribution in [0.3, 0.4) is 0 Å². The minimum absolute atomic E-state index is 0.0536. The third-order valence-electron chi connectivity index (χ3n) is 2.51. The van der Waals surface area contributed by atoms with Crippen LogP contribution in [-0.4, -0.2) is 11.1 Å². The number of rotatable bonds is 2. The molecule has 0 bridgehead atoms. The van der Waals surface area contributed by atoms with E-state index in [9.17, 15) is 9.18 Å². The maximum absolute atomic E-state index is 12.8. The average molecular weight is 195 g/mol. The van der Waals surface area contributed by atoms with Gasteiger partial charge in [0, 0.05) is 5.92 Å². The molecule has 2 atom stereocenters. The lowest BCUT2D eigenvalue weighted by atomic mass is 10.1. The van der Waals surface area contributed by atoms with Crippen LogP contribution in [0.25, 0.3) is 0 Å². The Balaban J connectivity index is 2.09. The van der Waals surface area contributed by atoms with Crippen molar-refractivity contribution in [3.8, 4) is 0 Å². The molecule has 1 aliphatic rings. The molecule has 1 aromatic rings. The molecule has 2 unspecified atom stereocenters. The predicted molar refractivity (Wildman–Crippen MR) is 47.2 cm³/mol. The molecule has 3 nitrogen and oxygen atoms in total. The van der Waals surface area contributed by atoms with Crippen molar-refractivity contribution in [3.05, 3.63) is 35.6 Å². The number of hydroxylamine groups is 1. The first-order valence-electron chi connectivity index (χ1n) is 4.42. The molecule has 0 radical (unpaired) electrons. The van der Waals surface area contributed by atoms with Crippen molar-refractivity contribution >= 4 is 5.91 Å². The SMILES string of the molecule is O=C(NO)C1CC1c1cccc(F)c1.